The second-order valence-electron chi connectivity index (χ2n) is 6.78. The van der Waals surface area contributed by atoms with Crippen molar-refractivity contribution in [1.29, 1.82) is 0 Å². The smallest absolute Gasteiger partial charge is 0.165 e. The highest BCUT2D eigenvalue weighted by molar-refractivity contribution is 5.86. The number of aldehydes is 1. The Morgan fingerprint density at radius 3 is 2.86 bits per heavy atom. The fourth-order valence-electron chi connectivity index (χ4n) is 3.16. The Morgan fingerprint density at radius 1 is 1.48 bits per heavy atom. The van der Waals surface area contributed by atoms with E-state index < -0.39 is 11.9 Å². The van der Waals surface area contributed by atoms with Crippen molar-refractivity contribution in [1.82, 2.24) is 9.80 Å². The minimum absolute atomic E-state index is 0.0749. The van der Waals surface area contributed by atoms with Gasteiger partial charge in [-0.1, -0.05) is 13.5 Å². The average molecular weight is 401 g/mol. The quantitative estimate of drug-likeness (QED) is 0.298. The molecule has 0 unspecified atom stereocenters. The van der Waals surface area contributed by atoms with Crippen LogP contribution in [0.2, 0.25) is 0 Å². The second kappa shape index (κ2) is 10.7. The molecule has 0 radical (unpaired) electrons. The molecule has 0 saturated carbocycles. The Labute approximate surface area is 171 Å². The van der Waals surface area contributed by atoms with Gasteiger partial charge in [0, 0.05) is 36.6 Å². The first kappa shape index (κ1) is 22.5. The highest BCUT2D eigenvalue weighted by Crippen LogP contribution is 2.23. The number of hydrogen-bond donors (Lipinski definition) is 1. The van der Waals surface area contributed by atoms with Crippen molar-refractivity contribution in [2.75, 3.05) is 33.8 Å². The van der Waals surface area contributed by atoms with Crippen LogP contribution < -0.4 is 4.74 Å². The van der Waals surface area contributed by atoms with Gasteiger partial charge in [0.2, 0.25) is 0 Å². The maximum atomic E-state index is 13.9. The lowest BCUT2D eigenvalue weighted by molar-refractivity contribution is -0.104. The Balaban J connectivity index is 2.03. The molecule has 2 atom stereocenters. The van der Waals surface area contributed by atoms with Gasteiger partial charge < -0.3 is 14.7 Å². The van der Waals surface area contributed by atoms with Gasteiger partial charge in [-0.2, -0.15) is 0 Å². The van der Waals surface area contributed by atoms with Gasteiger partial charge in [0.15, 0.2) is 11.6 Å². The highest BCUT2D eigenvalue weighted by atomic mass is 19.1. The predicted molar refractivity (Wildman–Crippen MR) is 113 cm³/mol. The van der Waals surface area contributed by atoms with Crippen molar-refractivity contribution in [3.8, 4) is 5.75 Å². The van der Waals surface area contributed by atoms with Crippen LogP contribution in [-0.2, 0) is 4.79 Å². The van der Waals surface area contributed by atoms with Crippen molar-refractivity contribution in [2.45, 2.75) is 19.1 Å². The largest absolute Gasteiger partial charge is 0.494 e. The normalized spacial score (nSPS) is 20.2. The molecule has 1 aliphatic heterocycles. The Kier molecular flexibility index (Phi) is 8.30. The number of aliphatic hydroxyl groups is 1. The molecule has 29 heavy (non-hydrogen) atoms. The van der Waals surface area contributed by atoms with Gasteiger partial charge in [0.25, 0.3) is 0 Å². The van der Waals surface area contributed by atoms with E-state index in [1.165, 1.54) is 31.5 Å². The number of likely N-dealkylation sites (tertiary alicyclic amines) is 1. The molecule has 0 spiro atoms. The van der Waals surface area contributed by atoms with Gasteiger partial charge in [-0.25, -0.2) is 4.39 Å². The number of aliphatic hydroxyl groups excluding tert-OH is 1. The molecule has 0 amide bonds. The van der Waals surface area contributed by atoms with Gasteiger partial charge in [0.05, 0.1) is 25.0 Å². The Morgan fingerprint density at radius 2 is 2.24 bits per heavy atom. The average Bonchev–Trinajstić information content (AvgIpc) is 3.11. The first-order chi connectivity index (χ1) is 13.9. The summed E-state index contributed by atoms with van der Waals surface area (Å²) in [5.74, 6) is -0.403. The summed E-state index contributed by atoms with van der Waals surface area (Å²) in [5, 5.41) is 10.2. The Bertz CT molecular complexity index is 820. The number of rotatable bonds is 9. The van der Waals surface area contributed by atoms with E-state index >= 15 is 0 Å². The lowest BCUT2D eigenvalue weighted by Gasteiger charge is -2.25. The van der Waals surface area contributed by atoms with E-state index in [0.29, 0.717) is 30.6 Å². The molecule has 0 bridgehead atoms. The van der Waals surface area contributed by atoms with Crippen LogP contribution in [0, 0.1) is 5.82 Å². The fourth-order valence-corrected chi connectivity index (χ4v) is 3.16. The maximum Gasteiger partial charge on any atom is 0.165 e. The number of hydrogen-bond acceptors (Lipinski definition) is 6. The molecule has 156 valence electrons. The second-order valence-corrected chi connectivity index (χ2v) is 6.78. The summed E-state index contributed by atoms with van der Waals surface area (Å²) in [6, 6.07) is 4.46. The van der Waals surface area contributed by atoms with Crippen LogP contribution in [-0.4, -0.2) is 73.3 Å². The van der Waals surface area contributed by atoms with Crippen molar-refractivity contribution >= 4 is 18.2 Å². The Hall–Kier alpha value is -2.77. The molecule has 1 aromatic rings. The summed E-state index contributed by atoms with van der Waals surface area (Å²) in [6.07, 6.45) is 6.45. The number of methoxy groups -OCH3 is 1. The molecule has 1 aliphatic rings. The zero-order chi connectivity index (χ0) is 21.4. The van der Waals surface area contributed by atoms with E-state index in [0.717, 1.165) is 12.2 Å². The number of likely N-dealkylation sites (N-methyl/N-ethyl adjacent to an activating group) is 1. The van der Waals surface area contributed by atoms with E-state index in [-0.39, 0.29) is 11.8 Å². The molecular formula is C22H28FN3O3. The molecule has 1 N–H and O–H groups in total. The number of allylic oxidation sites excluding steroid dienone is 3. The number of nitrogens with zero attached hydrogens (tertiary/aromatic N) is 3. The maximum absolute atomic E-state index is 13.9. The zero-order valence-electron chi connectivity index (χ0n) is 17.1. The van der Waals surface area contributed by atoms with Gasteiger partial charge in [-0.3, -0.25) is 14.7 Å². The van der Waals surface area contributed by atoms with Gasteiger partial charge in [0.1, 0.15) is 6.29 Å². The summed E-state index contributed by atoms with van der Waals surface area (Å²) >= 11 is 0. The molecule has 0 aromatic heterocycles. The van der Waals surface area contributed by atoms with Gasteiger partial charge >= 0.3 is 0 Å². The van der Waals surface area contributed by atoms with Crippen LogP contribution >= 0.6 is 0 Å². The number of carbonyl (C=O) groups is 1. The molecule has 0 aliphatic carbocycles. The predicted octanol–water partition coefficient (Wildman–Crippen LogP) is 2.51. The van der Waals surface area contributed by atoms with Crippen LogP contribution in [0.15, 0.2) is 53.7 Å². The van der Waals surface area contributed by atoms with Crippen molar-refractivity contribution < 1.29 is 19.0 Å². The molecule has 1 saturated heterocycles. The minimum Gasteiger partial charge on any atom is -0.494 e. The summed E-state index contributed by atoms with van der Waals surface area (Å²) in [7, 11) is 3.38. The van der Waals surface area contributed by atoms with Crippen LogP contribution in [0.4, 0.5) is 4.39 Å². The van der Waals surface area contributed by atoms with Crippen molar-refractivity contribution in [3.63, 3.8) is 0 Å². The minimum atomic E-state index is -0.528. The first-order valence-corrected chi connectivity index (χ1v) is 9.43. The van der Waals surface area contributed by atoms with Gasteiger partial charge in [-0.05, 0) is 43.9 Å². The topological polar surface area (TPSA) is 65.4 Å². The van der Waals surface area contributed by atoms with E-state index in [9.17, 15) is 14.3 Å². The monoisotopic (exact) mass is 401 g/mol. The van der Waals surface area contributed by atoms with Crippen molar-refractivity contribution in [3.05, 3.63) is 60.1 Å². The van der Waals surface area contributed by atoms with Crippen LogP contribution in [0.3, 0.4) is 0 Å². The number of halogens is 1. The summed E-state index contributed by atoms with van der Waals surface area (Å²) in [4.78, 5) is 19.3. The lowest BCUT2D eigenvalue weighted by atomic mass is 10.1. The third kappa shape index (κ3) is 5.85. The molecule has 1 heterocycles. The zero-order valence-corrected chi connectivity index (χ0v) is 17.1. The van der Waals surface area contributed by atoms with E-state index in [1.807, 2.05) is 11.9 Å². The standard InChI is InChI=1S/C22H28FN3O3/c1-5-25(3)20-14-26(15-21(20)28)16(2)7-6-11-24-19(10-12-27)17-8-9-22(29-4)18(23)13-17/h6-13,20-21,28H,2,5,14-15H2,1,3-4H3/b7-6-,19-10-,24-11-/t20-,21-/m1/s1. The highest BCUT2D eigenvalue weighted by Gasteiger charge is 2.33. The third-order valence-corrected chi connectivity index (χ3v) is 4.99. The molecule has 1 fully saturated rings. The molecule has 7 heteroatoms. The van der Waals surface area contributed by atoms with Crippen LogP contribution in [0.1, 0.15) is 12.5 Å². The number of β-amino-alcohol motifs (C(OH)–C–C–N with tert-alkyl or cyclic N) is 1. The third-order valence-electron chi connectivity index (χ3n) is 4.99. The SMILES string of the molecule is C=C(\C=C/C=N\C(=C/C=O)c1ccc(OC)c(F)c1)N1C[C@@H](O)[C@H](N(C)CC)C1. The van der Waals surface area contributed by atoms with Crippen molar-refractivity contribution in [2.24, 2.45) is 4.99 Å². The molecule has 6 nitrogen and oxygen atoms in total. The number of ether oxygens (including phenoxy) is 1. The van der Waals surface area contributed by atoms with Gasteiger partial charge in [-0.15, -0.1) is 0 Å². The number of aliphatic imine (C=N–C) groups is 1. The number of benzene rings is 1. The first-order valence-electron chi connectivity index (χ1n) is 9.43. The van der Waals surface area contributed by atoms with E-state index in [4.69, 9.17) is 4.74 Å². The molecular weight excluding hydrogens is 373 g/mol. The number of carbonyl (C=O) groups excluding carboxylic acids is 1. The summed E-state index contributed by atoms with van der Waals surface area (Å²) in [5.41, 5.74) is 1.56. The fraction of sp³-hybridized carbons (Fsp3) is 0.364. The van der Waals surface area contributed by atoms with E-state index in [2.05, 4.69) is 23.4 Å². The molecule has 1 aromatic carbocycles. The van der Waals surface area contributed by atoms with Crippen LogP contribution in [0.25, 0.3) is 5.70 Å². The van der Waals surface area contributed by atoms with Crippen LogP contribution in [0.5, 0.6) is 5.75 Å². The summed E-state index contributed by atoms with van der Waals surface area (Å²) in [6.45, 7) is 8.19. The lowest BCUT2D eigenvalue weighted by Crippen LogP contribution is -2.40. The molecule has 2 rings (SSSR count). The van der Waals surface area contributed by atoms with E-state index in [1.54, 1.807) is 18.2 Å². The summed E-state index contributed by atoms with van der Waals surface area (Å²) < 4.78 is 18.8.